The van der Waals surface area contributed by atoms with E-state index in [9.17, 15) is 8.42 Å². The van der Waals surface area contributed by atoms with Crippen molar-refractivity contribution in [2.75, 3.05) is 6.54 Å². The molecule has 5 nitrogen and oxygen atoms in total. The summed E-state index contributed by atoms with van der Waals surface area (Å²) in [6.45, 7) is 2.29. The van der Waals surface area contributed by atoms with E-state index in [4.69, 9.17) is 0 Å². The Morgan fingerprint density at radius 2 is 2.00 bits per heavy atom. The highest BCUT2D eigenvalue weighted by atomic mass is 32.2. The van der Waals surface area contributed by atoms with Crippen LogP contribution in [0.15, 0.2) is 54.0 Å². The molecule has 0 aliphatic rings. The predicted octanol–water partition coefficient (Wildman–Crippen LogP) is 3.18. The third-order valence-corrected chi connectivity index (χ3v) is 5.85. The van der Waals surface area contributed by atoms with Crippen LogP contribution in [0.3, 0.4) is 0 Å². The van der Waals surface area contributed by atoms with Gasteiger partial charge < -0.3 is 0 Å². The number of nitrogens with one attached hydrogen (secondary N) is 1. The number of aryl methyl sites for hydroxylation is 1. The summed E-state index contributed by atoms with van der Waals surface area (Å²) in [6, 6.07) is 13.2. The Morgan fingerprint density at radius 1 is 1.12 bits per heavy atom. The number of sulfonamides is 1. The summed E-state index contributed by atoms with van der Waals surface area (Å²) in [5.74, 6) is -0.00820. The van der Waals surface area contributed by atoms with E-state index in [1.54, 1.807) is 6.20 Å². The van der Waals surface area contributed by atoms with Crippen LogP contribution in [-0.2, 0) is 22.2 Å². The van der Waals surface area contributed by atoms with Gasteiger partial charge in [0.25, 0.3) is 0 Å². The van der Waals surface area contributed by atoms with E-state index < -0.39 is 10.0 Å². The standard InChI is InChI=1S/C18H19N3O2S2/c1-14-5-4-6-15(11-14)13-25(22,23)20-10-8-18-21-17(12-24-18)16-7-2-3-9-19-16/h2-7,9,11-12,20H,8,10,13H2,1H3. The third-order valence-electron chi connectivity index (χ3n) is 3.58. The zero-order valence-electron chi connectivity index (χ0n) is 13.8. The summed E-state index contributed by atoms with van der Waals surface area (Å²) in [4.78, 5) is 8.79. The molecule has 2 aromatic heterocycles. The summed E-state index contributed by atoms with van der Waals surface area (Å²) < 4.78 is 27.0. The molecule has 1 aromatic carbocycles. The van der Waals surface area contributed by atoms with E-state index in [1.165, 1.54) is 11.3 Å². The Labute approximate surface area is 151 Å². The lowest BCUT2D eigenvalue weighted by molar-refractivity contribution is 0.580. The second-order valence-corrected chi connectivity index (χ2v) is 8.48. The van der Waals surface area contributed by atoms with Crippen LogP contribution < -0.4 is 4.72 Å². The van der Waals surface area contributed by atoms with Crippen LogP contribution in [0.25, 0.3) is 11.4 Å². The molecular weight excluding hydrogens is 354 g/mol. The molecule has 0 saturated carbocycles. The second-order valence-electron chi connectivity index (χ2n) is 5.73. The van der Waals surface area contributed by atoms with Crippen LogP contribution in [-0.4, -0.2) is 24.9 Å². The average Bonchev–Trinajstić information content (AvgIpc) is 3.04. The summed E-state index contributed by atoms with van der Waals surface area (Å²) in [5.41, 5.74) is 3.49. The molecule has 0 amide bonds. The molecule has 1 N–H and O–H groups in total. The molecule has 0 fully saturated rings. The minimum absolute atomic E-state index is 0.00820. The van der Waals surface area contributed by atoms with Crippen molar-refractivity contribution < 1.29 is 8.42 Å². The van der Waals surface area contributed by atoms with E-state index in [2.05, 4.69) is 14.7 Å². The van der Waals surface area contributed by atoms with Gasteiger partial charge in [-0.1, -0.05) is 35.9 Å². The van der Waals surface area contributed by atoms with Crippen molar-refractivity contribution >= 4 is 21.4 Å². The first-order valence-electron chi connectivity index (χ1n) is 7.90. The number of hydrogen-bond acceptors (Lipinski definition) is 5. The minimum atomic E-state index is -3.35. The van der Waals surface area contributed by atoms with Crippen molar-refractivity contribution in [3.63, 3.8) is 0 Å². The van der Waals surface area contributed by atoms with Crippen molar-refractivity contribution in [3.05, 3.63) is 70.2 Å². The highest BCUT2D eigenvalue weighted by Crippen LogP contribution is 2.19. The van der Waals surface area contributed by atoms with Crippen molar-refractivity contribution in [1.82, 2.24) is 14.7 Å². The molecule has 7 heteroatoms. The predicted molar refractivity (Wildman–Crippen MR) is 101 cm³/mol. The van der Waals surface area contributed by atoms with Crippen LogP contribution in [0.2, 0.25) is 0 Å². The van der Waals surface area contributed by atoms with Gasteiger partial charge in [0.05, 0.1) is 22.1 Å². The van der Waals surface area contributed by atoms with Crippen LogP contribution in [0.4, 0.5) is 0 Å². The topological polar surface area (TPSA) is 72.0 Å². The molecule has 0 bridgehead atoms. The Kier molecular flexibility index (Phi) is 5.57. The molecule has 0 unspecified atom stereocenters. The van der Waals surface area contributed by atoms with Gasteiger partial charge in [-0.3, -0.25) is 4.98 Å². The Hall–Kier alpha value is -2.09. The van der Waals surface area contributed by atoms with Crippen molar-refractivity contribution in [2.24, 2.45) is 0 Å². The molecule has 0 aliphatic heterocycles. The maximum atomic E-state index is 12.2. The maximum Gasteiger partial charge on any atom is 0.215 e. The summed E-state index contributed by atoms with van der Waals surface area (Å²) in [6.07, 6.45) is 2.29. The smallest absolute Gasteiger partial charge is 0.215 e. The van der Waals surface area contributed by atoms with Gasteiger partial charge in [0.2, 0.25) is 10.0 Å². The number of nitrogens with zero attached hydrogens (tertiary/aromatic N) is 2. The van der Waals surface area contributed by atoms with Gasteiger partial charge in [-0.2, -0.15) is 0 Å². The van der Waals surface area contributed by atoms with Crippen molar-refractivity contribution in [1.29, 1.82) is 0 Å². The first-order valence-corrected chi connectivity index (χ1v) is 10.4. The largest absolute Gasteiger partial charge is 0.255 e. The van der Waals surface area contributed by atoms with Gasteiger partial charge in [0, 0.05) is 24.5 Å². The lowest BCUT2D eigenvalue weighted by Crippen LogP contribution is -2.27. The van der Waals surface area contributed by atoms with E-state index >= 15 is 0 Å². The zero-order chi connectivity index (χ0) is 17.7. The SMILES string of the molecule is Cc1cccc(CS(=O)(=O)NCCc2nc(-c3ccccn3)cs2)c1. The van der Waals surface area contributed by atoms with Crippen molar-refractivity contribution in [2.45, 2.75) is 19.1 Å². The molecule has 0 aliphatic carbocycles. The van der Waals surface area contributed by atoms with Gasteiger partial charge >= 0.3 is 0 Å². The van der Waals surface area contributed by atoms with Gasteiger partial charge in [0.15, 0.2) is 0 Å². The van der Waals surface area contributed by atoms with E-state index in [0.717, 1.165) is 27.5 Å². The molecule has 2 heterocycles. The molecular formula is C18H19N3O2S2. The quantitative estimate of drug-likeness (QED) is 0.690. The number of benzene rings is 1. The number of aromatic nitrogens is 2. The van der Waals surface area contributed by atoms with E-state index in [1.807, 2.05) is 54.8 Å². The Bertz CT molecular complexity index is 938. The number of rotatable bonds is 7. The van der Waals surface area contributed by atoms with Crippen LogP contribution >= 0.6 is 11.3 Å². The van der Waals surface area contributed by atoms with Gasteiger partial charge in [-0.15, -0.1) is 11.3 Å². The molecule has 0 radical (unpaired) electrons. The second kappa shape index (κ2) is 7.86. The van der Waals surface area contributed by atoms with Gasteiger partial charge in [-0.05, 0) is 24.6 Å². The molecule has 3 aromatic rings. The highest BCUT2D eigenvalue weighted by Gasteiger charge is 2.12. The number of hydrogen-bond donors (Lipinski definition) is 1. The third kappa shape index (κ3) is 5.19. The van der Waals surface area contributed by atoms with Gasteiger partial charge in [-0.25, -0.2) is 18.1 Å². The summed E-state index contributed by atoms with van der Waals surface area (Å²) >= 11 is 1.51. The van der Waals surface area contributed by atoms with Crippen LogP contribution in [0, 0.1) is 6.92 Å². The van der Waals surface area contributed by atoms with E-state index in [-0.39, 0.29) is 5.75 Å². The Balaban J connectivity index is 1.55. The first-order chi connectivity index (χ1) is 12.0. The number of thiazole rings is 1. The fourth-order valence-corrected chi connectivity index (χ4v) is 4.37. The summed E-state index contributed by atoms with van der Waals surface area (Å²) in [5, 5.41) is 2.83. The zero-order valence-corrected chi connectivity index (χ0v) is 15.5. The average molecular weight is 374 g/mol. The van der Waals surface area contributed by atoms with Crippen LogP contribution in [0.5, 0.6) is 0 Å². The van der Waals surface area contributed by atoms with E-state index in [0.29, 0.717) is 13.0 Å². The molecule has 130 valence electrons. The fourth-order valence-electron chi connectivity index (χ4n) is 2.44. The minimum Gasteiger partial charge on any atom is -0.255 e. The molecule has 0 atom stereocenters. The molecule has 25 heavy (non-hydrogen) atoms. The fraction of sp³-hybridized carbons (Fsp3) is 0.222. The van der Waals surface area contributed by atoms with Gasteiger partial charge in [0.1, 0.15) is 0 Å². The molecule has 3 rings (SSSR count). The monoisotopic (exact) mass is 373 g/mol. The summed E-state index contributed by atoms with van der Waals surface area (Å²) in [7, 11) is -3.35. The molecule has 0 saturated heterocycles. The van der Waals surface area contributed by atoms with Crippen LogP contribution in [0.1, 0.15) is 16.1 Å². The first kappa shape index (κ1) is 17.7. The lowest BCUT2D eigenvalue weighted by Gasteiger charge is -2.06. The van der Waals surface area contributed by atoms with Crippen molar-refractivity contribution in [3.8, 4) is 11.4 Å². The maximum absolute atomic E-state index is 12.2. The normalized spacial score (nSPS) is 11.6. The molecule has 0 spiro atoms. The number of pyridine rings is 1. The highest BCUT2D eigenvalue weighted by molar-refractivity contribution is 7.88. The Morgan fingerprint density at radius 3 is 2.76 bits per heavy atom. The lowest BCUT2D eigenvalue weighted by atomic mass is 10.2.